The Kier molecular flexibility index (Phi) is 10.7. The minimum atomic E-state index is -0.641. The number of benzene rings is 1. The number of hydrogen-bond donors (Lipinski definition) is 2. The molecule has 1 aliphatic carbocycles. The molecule has 3 unspecified atom stereocenters. The summed E-state index contributed by atoms with van der Waals surface area (Å²) >= 11 is 0. The maximum Gasteiger partial charge on any atom is 0.306 e. The van der Waals surface area contributed by atoms with Crippen molar-refractivity contribution in [3.8, 4) is 0 Å². The van der Waals surface area contributed by atoms with Gasteiger partial charge in [-0.3, -0.25) is 9.59 Å². The van der Waals surface area contributed by atoms with E-state index in [2.05, 4.69) is 0 Å². The Morgan fingerprint density at radius 1 is 1.10 bits per heavy atom. The van der Waals surface area contributed by atoms with Crippen LogP contribution in [0, 0.1) is 11.8 Å². The first-order valence-electron chi connectivity index (χ1n) is 11.3. The Labute approximate surface area is 185 Å². The van der Waals surface area contributed by atoms with Crippen molar-refractivity contribution in [2.75, 3.05) is 0 Å². The Balaban J connectivity index is 1.77. The molecule has 0 heterocycles. The standard InChI is InChI=1S/C26H36O5/c1-19(2)31-26(30)13-9-4-3-8-12-22-23(25(29)18-24(22)28)17-16-21(27)15-14-20-10-6-5-7-11-20/h3,5-8,10-11,16-17,19,22-25,28-29H,4,9,12-15,18H2,1-2H3/t22?,23-,24?,25?/m1/s1. The van der Waals surface area contributed by atoms with E-state index in [4.69, 9.17) is 4.74 Å². The number of carbonyl (C=O) groups is 2. The molecule has 0 bridgehead atoms. The lowest BCUT2D eigenvalue weighted by Crippen LogP contribution is -2.20. The minimum absolute atomic E-state index is 0.0278. The molecule has 5 nitrogen and oxygen atoms in total. The van der Waals surface area contributed by atoms with E-state index >= 15 is 0 Å². The zero-order chi connectivity index (χ0) is 22.6. The van der Waals surface area contributed by atoms with Crippen LogP contribution in [0.5, 0.6) is 0 Å². The molecule has 0 radical (unpaired) electrons. The molecule has 0 aliphatic heterocycles. The number of aryl methyl sites for hydroxylation is 1. The van der Waals surface area contributed by atoms with Gasteiger partial charge < -0.3 is 14.9 Å². The van der Waals surface area contributed by atoms with Gasteiger partial charge in [0.05, 0.1) is 18.3 Å². The van der Waals surface area contributed by atoms with Gasteiger partial charge in [0.2, 0.25) is 0 Å². The van der Waals surface area contributed by atoms with Crippen molar-refractivity contribution >= 4 is 11.8 Å². The lowest BCUT2D eigenvalue weighted by molar-refractivity contribution is -0.147. The quantitative estimate of drug-likeness (QED) is 0.226. The summed E-state index contributed by atoms with van der Waals surface area (Å²) in [4.78, 5) is 23.8. The first-order valence-corrected chi connectivity index (χ1v) is 11.3. The van der Waals surface area contributed by atoms with Crippen LogP contribution < -0.4 is 0 Å². The Morgan fingerprint density at radius 2 is 1.84 bits per heavy atom. The second-order valence-electron chi connectivity index (χ2n) is 8.56. The summed E-state index contributed by atoms with van der Waals surface area (Å²) in [7, 11) is 0. The first kappa shape index (κ1) is 25.0. The van der Waals surface area contributed by atoms with Crippen LogP contribution in [-0.2, 0) is 20.7 Å². The smallest absolute Gasteiger partial charge is 0.306 e. The molecule has 1 aromatic rings. The number of rotatable bonds is 12. The van der Waals surface area contributed by atoms with Crippen LogP contribution in [0.25, 0.3) is 0 Å². The van der Waals surface area contributed by atoms with Gasteiger partial charge in [-0.25, -0.2) is 0 Å². The van der Waals surface area contributed by atoms with E-state index in [9.17, 15) is 19.8 Å². The Hall–Kier alpha value is -2.24. The molecule has 1 fully saturated rings. The normalized spacial score (nSPS) is 23.8. The highest BCUT2D eigenvalue weighted by Crippen LogP contribution is 2.36. The monoisotopic (exact) mass is 428 g/mol. The van der Waals surface area contributed by atoms with Crippen molar-refractivity contribution in [3.63, 3.8) is 0 Å². The van der Waals surface area contributed by atoms with E-state index in [1.807, 2.05) is 56.3 Å². The Morgan fingerprint density at radius 3 is 2.55 bits per heavy atom. The van der Waals surface area contributed by atoms with Gasteiger partial charge in [-0.15, -0.1) is 0 Å². The van der Waals surface area contributed by atoms with Crippen LogP contribution in [0.2, 0.25) is 0 Å². The molecule has 2 rings (SSSR count). The summed E-state index contributed by atoms with van der Waals surface area (Å²) in [6.07, 6.45) is 9.96. The molecule has 0 saturated heterocycles. The maximum atomic E-state index is 12.2. The largest absolute Gasteiger partial charge is 0.463 e. The predicted molar refractivity (Wildman–Crippen MR) is 121 cm³/mol. The van der Waals surface area contributed by atoms with E-state index in [0.717, 1.165) is 18.4 Å². The number of unbranched alkanes of at least 4 members (excludes halogenated alkanes) is 1. The molecule has 4 atom stereocenters. The van der Waals surface area contributed by atoms with Gasteiger partial charge in [0.1, 0.15) is 0 Å². The van der Waals surface area contributed by atoms with Gasteiger partial charge in [0, 0.05) is 25.2 Å². The molecule has 0 amide bonds. The fourth-order valence-electron chi connectivity index (χ4n) is 3.98. The highest BCUT2D eigenvalue weighted by molar-refractivity contribution is 5.89. The maximum absolute atomic E-state index is 12.2. The average molecular weight is 429 g/mol. The third-order valence-corrected chi connectivity index (χ3v) is 5.62. The lowest BCUT2D eigenvalue weighted by atomic mass is 9.89. The number of aliphatic hydroxyl groups excluding tert-OH is 2. The van der Waals surface area contributed by atoms with Crippen molar-refractivity contribution < 1.29 is 24.5 Å². The van der Waals surface area contributed by atoms with Crippen molar-refractivity contribution in [1.29, 1.82) is 0 Å². The topological polar surface area (TPSA) is 83.8 Å². The number of aliphatic hydroxyl groups is 2. The van der Waals surface area contributed by atoms with Crippen LogP contribution in [0.3, 0.4) is 0 Å². The highest BCUT2D eigenvalue weighted by atomic mass is 16.5. The summed E-state index contributed by atoms with van der Waals surface area (Å²) in [6, 6.07) is 9.88. The van der Waals surface area contributed by atoms with Gasteiger partial charge in [-0.2, -0.15) is 0 Å². The summed E-state index contributed by atoms with van der Waals surface area (Å²) in [6.45, 7) is 3.67. The van der Waals surface area contributed by atoms with Crippen LogP contribution in [0.1, 0.15) is 57.9 Å². The second kappa shape index (κ2) is 13.2. The van der Waals surface area contributed by atoms with Gasteiger partial charge in [-0.05, 0) is 57.1 Å². The number of carbonyl (C=O) groups excluding carboxylic acids is 2. The zero-order valence-corrected chi connectivity index (χ0v) is 18.7. The average Bonchev–Trinajstić information content (AvgIpc) is 3.00. The molecular weight excluding hydrogens is 392 g/mol. The van der Waals surface area contributed by atoms with Gasteiger partial charge >= 0.3 is 5.97 Å². The summed E-state index contributed by atoms with van der Waals surface area (Å²) < 4.78 is 5.11. The summed E-state index contributed by atoms with van der Waals surface area (Å²) in [5.74, 6) is -0.503. The van der Waals surface area contributed by atoms with Crippen molar-refractivity contribution in [2.24, 2.45) is 11.8 Å². The van der Waals surface area contributed by atoms with E-state index in [0.29, 0.717) is 32.1 Å². The molecule has 0 aromatic heterocycles. The van der Waals surface area contributed by atoms with E-state index in [1.54, 1.807) is 12.2 Å². The molecule has 1 aliphatic rings. The number of ether oxygens (including phenoxy) is 1. The molecule has 170 valence electrons. The van der Waals surface area contributed by atoms with Gasteiger partial charge in [0.25, 0.3) is 0 Å². The number of esters is 1. The first-order chi connectivity index (χ1) is 14.9. The third kappa shape index (κ3) is 9.19. The molecule has 2 N–H and O–H groups in total. The fourth-order valence-corrected chi connectivity index (χ4v) is 3.98. The molecule has 1 aromatic carbocycles. The van der Waals surface area contributed by atoms with Crippen molar-refractivity contribution in [3.05, 3.63) is 60.2 Å². The van der Waals surface area contributed by atoms with E-state index in [-0.39, 0.29) is 29.7 Å². The minimum Gasteiger partial charge on any atom is -0.463 e. The zero-order valence-electron chi connectivity index (χ0n) is 18.7. The van der Waals surface area contributed by atoms with Crippen LogP contribution >= 0.6 is 0 Å². The second-order valence-corrected chi connectivity index (χ2v) is 8.56. The molecular formula is C26H36O5. The third-order valence-electron chi connectivity index (χ3n) is 5.62. The van der Waals surface area contributed by atoms with Crippen molar-refractivity contribution in [2.45, 2.75) is 77.1 Å². The van der Waals surface area contributed by atoms with Gasteiger partial charge in [-0.1, -0.05) is 48.6 Å². The molecule has 31 heavy (non-hydrogen) atoms. The number of allylic oxidation sites excluding steroid dienone is 3. The van der Waals surface area contributed by atoms with Crippen molar-refractivity contribution in [1.82, 2.24) is 0 Å². The molecule has 5 heteroatoms. The number of ketones is 1. The predicted octanol–water partition coefficient (Wildman–Crippen LogP) is 4.17. The summed E-state index contributed by atoms with van der Waals surface area (Å²) in [5, 5.41) is 20.7. The summed E-state index contributed by atoms with van der Waals surface area (Å²) in [5.41, 5.74) is 1.13. The van der Waals surface area contributed by atoms with E-state index in [1.165, 1.54) is 0 Å². The SMILES string of the molecule is CC(C)OC(=O)CCCC=CCC1C(O)CC(O)[C@@H]1C=CC(=O)CCc1ccccc1. The molecule has 1 saturated carbocycles. The van der Waals surface area contributed by atoms with Crippen LogP contribution in [0.15, 0.2) is 54.6 Å². The fraction of sp³-hybridized carbons (Fsp3) is 0.538. The van der Waals surface area contributed by atoms with E-state index < -0.39 is 12.2 Å². The highest BCUT2D eigenvalue weighted by Gasteiger charge is 2.39. The Bertz CT molecular complexity index is 737. The number of hydrogen-bond acceptors (Lipinski definition) is 5. The molecule has 0 spiro atoms. The van der Waals surface area contributed by atoms with Crippen LogP contribution in [-0.4, -0.2) is 40.3 Å². The van der Waals surface area contributed by atoms with Gasteiger partial charge in [0.15, 0.2) is 5.78 Å². The lowest BCUT2D eigenvalue weighted by Gasteiger charge is -2.19. The van der Waals surface area contributed by atoms with Crippen LogP contribution in [0.4, 0.5) is 0 Å².